The fourth-order valence-corrected chi connectivity index (χ4v) is 3.96. The maximum atomic E-state index is 13.9. The molecule has 0 bridgehead atoms. The number of rotatable bonds is 7. The van der Waals surface area contributed by atoms with Crippen LogP contribution in [0.1, 0.15) is 16.7 Å². The molecule has 1 heterocycles. The van der Waals surface area contributed by atoms with Crippen molar-refractivity contribution in [3.63, 3.8) is 0 Å². The number of non-ortho nitro benzene ring substituents is 1. The molecule has 4 rings (SSSR count). The van der Waals surface area contributed by atoms with Gasteiger partial charge in [-0.2, -0.15) is 0 Å². The zero-order chi connectivity index (χ0) is 23.4. The molecule has 0 unspecified atom stereocenters. The molecule has 33 heavy (non-hydrogen) atoms. The summed E-state index contributed by atoms with van der Waals surface area (Å²) in [5.41, 5.74) is 1.78. The van der Waals surface area contributed by atoms with E-state index < -0.39 is 21.9 Å². The van der Waals surface area contributed by atoms with Gasteiger partial charge in [0.1, 0.15) is 18.2 Å². The molecule has 0 radical (unpaired) electrons. The van der Waals surface area contributed by atoms with Crippen LogP contribution in [0.2, 0.25) is 0 Å². The maximum absolute atomic E-state index is 13.9. The summed E-state index contributed by atoms with van der Waals surface area (Å²) >= 11 is 0.814. The van der Waals surface area contributed by atoms with Crippen LogP contribution in [0.3, 0.4) is 0 Å². The number of amides is 2. The SMILES string of the molecule is O=C1S/C(=C\c2ccc(OCc3ccc([N+](=O)[O-])cc3)cc2)C(=O)N1Cc1ccccc1F. The molecule has 3 aromatic carbocycles. The molecule has 0 aliphatic carbocycles. The summed E-state index contributed by atoms with van der Waals surface area (Å²) in [5, 5.41) is 10.3. The summed E-state index contributed by atoms with van der Waals surface area (Å²) in [4.78, 5) is 36.5. The van der Waals surface area contributed by atoms with E-state index >= 15 is 0 Å². The van der Waals surface area contributed by atoms with Crippen molar-refractivity contribution in [1.29, 1.82) is 0 Å². The first-order valence-electron chi connectivity index (χ1n) is 9.86. The van der Waals surface area contributed by atoms with Crippen molar-refractivity contribution in [3.05, 3.63) is 110 Å². The second-order valence-corrected chi connectivity index (χ2v) is 8.13. The van der Waals surface area contributed by atoms with Crippen molar-refractivity contribution in [1.82, 2.24) is 4.90 Å². The van der Waals surface area contributed by atoms with E-state index in [0.717, 1.165) is 22.2 Å². The molecule has 1 saturated heterocycles. The molecule has 0 aromatic heterocycles. The van der Waals surface area contributed by atoms with Gasteiger partial charge in [-0.05, 0) is 59.3 Å². The minimum Gasteiger partial charge on any atom is -0.489 e. The highest BCUT2D eigenvalue weighted by atomic mass is 32.2. The van der Waals surface area contributed by atoms with Gasteiger partial charge in [0.2, 0.25) is 0 Å². The van der Waals surface area contributed by atoms with Gasteiger partial charge in [-0.3, -0.25) is 24.6 Å². The van der Waals surface area contributed by atoms with Gasteiger partial charge < -0.3 is 4.74 Å². The molecule has 0 N–H and O–H groups in total. The van der Waals surface area contributed by atoms with Crippen LogP contribution in [0.15, 0.2) is 77.7 Å². The van der Waals surface area contributed by atoms with E-state index in [-0.39, 0.29) is 29.3 Å². The highest BCUT2D eigenvalue weighted by Gasteiger charge is 2.35. The van der Waals surface area contributed by atoms with Crippen LogP contribution < -0.4 is 4.74 Å². The summed E-state index contributed by atoms with van der Waals surface area (Å²) in [7, 11) is 0. The van der Waals surface area contributed by atoms with Gasteiger partial charge in [0, 0.05) is 17.7 Å². The van der Waals surface area contributed by atoms with E-state index in [1.54, 1.807) is 54.6 Å². The second-order valence-electron chi connectivity index (χ2n) is 7.14. The molecule has 3 aromatic rings. The Kier molecular flexibility index (Phi) is 6.50. The monoisotopic (exact) mass is 464 g/mol. The number of carbonyl (C=O) groups excluding carboxylic acids is 2. The zero-order valence-electron chi connectivity index (χ0n) is 17.1. The molecule has 7 nitrogen and oxygen atoms in total. The van der Waals surface area contributed by atoms with Gasteiger partial charge in [-0.25, -0.2) is 4.39 Å². The Hall–Kier alpha value is -3.98. The van der Waals surface area contributed by atoms with Gasteiger partial charge in [0.15, 0.2) is 0 Å². The number of carbonyl (C=O) groups is 2. The average Bonchev–Trinajstić information content (AvgIpc) is 3.07. The van der Waals surface area contributed by atoms with E-state index in [1.807, 2.05) is 0 Å². The van der Waals surface area contributed by atoms with Crippen LogP contribution in [0, 0.1) is 15.9 Å². The first-order valence-corrected chi connectivity index (χ1v) is 10.7. The second kappa shape index (κ2) is 9.66. The minimum absolute atomic E-state index is 0.0152. The van der Waals surface area contributed by atoms with E-state index in [0.29, 0.717) is 11.3 Å². The number of benzene rings is 3. The predicted molar refractivity (Wildman–Crippen MR) is 122 cm³/mol. The summed E-state index contributed by atoms with van der Waals surface area (Å²) < 4.78 is 19.6. The van der Waals surface area contributed by atoms with Gasteiger partial charge in [0.05, 0.1) is 16.4 Å². The summed E-state index contributed by atoms with van der Waals surface area (Å²) in [5.74, 6) is -0.352. The lowest BCUT2D eigenvalue weighted by Gasteiger charge is -2.12. The molecule has 0 spiro atoms. The van der Waals surface area contributed by atoms with E-state index in [1.165, 1.54) is 24.3 Å². The highest BCUT2D eigenvalue weighted by Crippen LogP contribution is 2.33. The van der Waals surface area contributed by atoms with E-state index in [9.17, 15) is 24.1 Å². The fourth-order valence-electron chi connectivity index (χ4n) is 3.13. The quantitative estimate of drug-likeness (QED) is 0.259. The molecule has 1 fully saturated rings. The minimum atomic E-state index is -0.468. The first kappa shape index (κ1) is 22.2. The number of hydrogen-bond donors (Lipinski definition) is 0. The Morgan fingerprint density at radius 3 is 2.36 bits per heavy atom. The normalized spacial score (nSPS) is 14.7. The highest BCUT2D eigenvalue weighted by molar-refractivity contribution is 8.18. The number of nitro benzene ring substituents is 1. The van der Waals surface area contributed by atoms with Crippen LogP contribution in [-0.2, 0) is 17.9 Å². The zero-order valence-corrected chi connectivity index (χ0v) is 18.0. The number of thioether (sulfide) groups is 1. The number of nitrogens with zero attached hydrogens (tertiary/aromatic N) is 2. The number of imide groups is 1. The third-order valence-electron chi connectivity index (χ3n) is 4.89. The van der Waals surface area contributed by atoms with Crippen molar-refractivity contribution in [2.45, 2.75) is 13.2 Å². The number of halogens is 1. The number of hydrogen-bond acceptors (Lipinski definition) is 6. The van der Waals surface area contributed by atoms with Crippen molar-refractivity contribution in [3.8, 4) is 5.75 Å². The number of nitro groups is 1. The molecule has 1 aliphatic heterocycles. The van der Waals surface area contributed by atoms with Crippen molar-refractivity contribution in [2.75, 3.05) is 0 Å². The van der Waals surface area contributed by atoms with Gasteiger partial charge in [-0.15, -0.1) is 0 Å². The molecule has 0 atom stereocenters. The molecule has 1 aliphatic rings. The molecule has 166 valence electrons. The van der Waals surface area contributed by atoms with Crippen LogP contribution in [0.5, 0.6) is 5.75 Å². The standard InChI is InChI=1S/C24H17FN2O5S/c25-21-4-2-1-3-18(21)14-26-23(28)22(33-24(26)29)13-16-7-11-20(12-8-16)32-15-17-5-9-19(10-6-17)27(30)31/h1-13H,14-15H2/b22-13-. The Morgan fingerprint density at radius 1 is 1.00 bits per heavy atom. The van der Waals surface area contributed by atoms with Gasteiger partial charge >= 0.3 is 0 Å². The van der Waals surface area contributed by atoms with Gasteiger partial charge in [0.25, 0.3) is 16.8 Å². The summed E-state index contributed by atoms with van der Waals surface area (Å²) in [6, 6.07) is 19.1. The smallest absolute Gasteiger partial charge is 0.293 e. The first-order chi connectivity index (χ1) is 15.9. The van der Waals surface area contributed by atoms with Crippen molar-refractivity contribution in [2.24, 2.45) is 0 Å². The van der Waals surface area contributed by atoms with E-state index in [2.05, 4.69) is 0 Å². The average molecular weight is 464 g/mol. The topological polar surface area (TPSA) is 89.7 Å². The molecule has 2 amide bonds. The molecular formula is C24H17FN2O5S. The summed E-state index contributed by atoms with van der Waals surface area (Å²) in [6.45, 7) is 0.121. The van der Waals surface area contributed by atoms with E-state index in [4.69, 9.17) is 4.74 Å². The third-order valence-corrected chi connectivity index (χ3v) is 5.80. The summed E-state index contributed by atoms with van der Waals surface area (Å²) in [6.07, 6.45) is 1.60. The number of ether oxygens (including phenoxy) is 1. The van der Waals surface area contributed by atoms with Crippen LogP contribution in [0.4, 0.5) is 14.9 Å². The van der Waals surface area contributed by atoms with Crippen LogP contribution in [-0.4, -0.2) is 21.0 Å². The molecular weight excluding hydrogens is 447 g/mol. The Bertz CT molecular complexity index is 1240. The molecule has 0 saturated carbocycles. The molecule has 9 heteroatoms. The maximum Gasteiger partial charge on any atom is 0.293 e. The van der Waals surface area contributed by atoms with Crippen LogP contribution >= 0.6 is 11.8 Å². The predicted octanol–water partition coefficient (Wildman–Crippen LogP) is 5.55. The lowest BCUT2D eigenvalue weighted by Crippen LogP contribution is -2.27. The van der Waals surface area contributed by atoms with Gasteiger partial charge in [-0.1, -0.05) is 30.3 Å². The Morgan fingerprint density at radius 2 is 1.70 bits per heavy atom. The fraction of sp³-hybridized carbons (Fsp3) is 0.0833. The lowest BCUT2D eigenvalue weighted by atomic mass is 10.2. The largest absolute Gasteiger partial charge is 0.489 e. The lowest BCUT2D eigenvalue weighted by molar-refractivity contribution is -0.384. The Labute approximate surface area is 192 Å². The van der Waals surface area contributed by atoms with Crippen molar-refractivity contribution >= 4 is 34.7 Å². The van der Waals surface area contributed by atoms with Crippen LogP contribution in [0.25, 0.3) is 6.08 Å². The van der Waals surface area contributed by atoms with Crippen molar-refractivity contribution < 1.29 is 23.6 Å². The Balaban J connectivity index is 1.39. The third kappa shape index (κ3) is 5.27.